The van der Waals surface area contributed by atoms with Crippen LogP contribution in [0.1, 0.15) is 20.8 Å². The van der Waals surface area contributed by atoms with Crippen LogP contribution in [-0.2, 0) is 29.1 Å². The van der Waals surface area contributed by atoms with E-state index in [9.17, 15) is 13.2 Å². The van der Waals surface area contributed by atoms with Gasteiger partial charge in [0, 0.05) is 6.61 Å². The van der Waals surface area contributed by atoms with Crippen LogP contribution in [0.2, 0.25) is 0 Å². The zero-order valence-electron chi connectivity index (χ0n) is 10.1. The van der Waals surface area contributed by atoms with E-state index in [1.165, 1.54) is 6.92 Å². The molecular formula is C9H19NaO7S. The normalized spacial score (nSPS) is 14.7. The summed E-state index contributed by atoms with van der Waals surface area (Å²) in [5, 5.41) is 0. The average molecular weight is 294 g/mol. The molecule has 104 valence electrons. The molecule has 0 rings (SSSR count). The molecule has 0 aliphatic heterocycles. The van der Waals surface area contributed by atoms with Gasteiger partial charge < -0.3 is 14.2 Å². The molecule has 18 heavy (non-hydrogen) atoms. The summed E-state index contributed by atoms with van der Waals surface area (Å²) in [6.45, 7) is 4.98. The molecule has 0 fully saturated rings. The van der Waals surface area contributed by atoms with Crippen molar-refractivity contribution in [3.8, 4) is 0 Å². The van der Waals surface area contributed by atoms with Crippen LogP contribution in [0.5, 0.6) is 0 Å². The monoisotopic (exact) mass is 294 g/mol. The van der Waals surface area contributed by atoms with Gasteiger partial charge in [-0.1, -0.05) is 0 Å². The molecule has 0 aliphatic rings. The van der Waals surface area contributed by atoms with Crippen molar-refractivity contribution in [3.63, 3.8) is 0 Å². The van der Waals surface area contributed by atoms with E-state index in [-0.39, 0.29) is 42.8 Å². The molecule has 0 aliphatic carbocycles. The molecule has 0 spiro atoms. The van der Waals surface area contributed by atoms with Gasteiger partial charge in [-0.3, -0.25) is 9.35 Å². The molecule has 0 aromatic heterocycles. The molecule has 0 aromatic carbocycles. The summed E-state index contributed by atoms with van der Waals surface area (Å²) in [6.07, 6.45) is -1.33. The number of carbonyl (C=O) groups excluding carboxylic acids is 1. The van der Waals surface area contributed by atoms with Crippen LogP contribution in [0.3, 0.4) is 0 Å². The Bertz CT molecular complexity index is 330. The standard InChI is InChI=1S/C9H18O7S.Na.H/c1-4-14-5-6-15-9(7(2)10)16-8(3)17(11,12)13;;/h8-9H,4-6H2,1-3H3,(H,11,12,13);;. The number of ether oxygens (including phenoxy) is 3. The van der Waals surface area contributed by atoms with Crippen LogP contribution < -0.4 is 0 Å². The number of hydrogen-bond acceptors (Lipinski definition) is 6. The predicted molar refractivity (Wildman–Crippen MR) is 66.2 cm³/mol. The van der Waals surface area contributed by atoms with Gasteiger partial charge in [0.15, 0.2) is 11.2 Å². The van der Waals surface area contributed by atoms with Crippen molar-refractivity contribution in [3.05, 3.63) is 0 Å². The third-order valence-electron chi connectivity index (χ3n) is 1.77. The fraction of sp³-hybridized carbons (Fsp3) is 0.889. The van der Waals surface area contributed by atoms with Gasteiger partial charge in [-0.15, -0.1) is 0 Å². The Morgan fingerprint density at radius 1 is 1.33 bits per heavy atom. The molecule has 0 heterocycles. The molecule has 7 nitrogen and oxygen atoms in total. The minimum absolute atomic E-state index is 0. The van der Waals surface area contributed by atoms with E-state index < -0.39 is 27.6 Å². The maximum absolute atomic E-state index is 11.1. The second kappa shape index (κ2) is 10.3. The topological polar surface area (TPSA) is 99.1 Å². The van der Waals surface area contributed by atoms with E-state index in [0.717, 1.165) is 6.92 Å². The van der Waals surface area contributed by atoms with Crippen molar-refractivity contribution < 1.29 is 32.0 Å². The number of Topliss-reactive ketones (excluding diaryl/α,β-unsaturated/α-hetero) is 1. The fourth-order valence-corrected chi connectivity index (χ4v) is 1.10. The zero-order chi connectivity index (χ0) is 13.5. The van der Waals surface area contributed by atoms with Crippen molar-refractivity contribution in [1.82, 2.24) is 0 Å². The molecule has 0 aromatic rings. The molecule has 2 atom stereocenters. The number of ketones is 1. The van der Waals surface area contributed by atoms with E-state index >= 15 is 0 Å². The summed E-state index contributed by atoms with van der Waals surface area (Å²) in [5.41, 5.74) is -1.52. The molecule has 0 bridgehead atoms. The second-order valence-electron chi connectivity index (χ2n) is 3.23. The molecule has 0 amide bonds. The van der Waals surface area contributed by atoms with E-state index in [1.807, 2.05) is 0 Å². The molecule has 0 saturated heterocycles. The van der Waals surface area contributed by atoms with Gasteiger partial charge in [0.25, 0.3) is 10.1 Å². The SMILES string of the molecule is CCOCCOC(OC(C)S(=O)(=O)O)C(C)=O.[NaH]. The Morgan fingerprint density at radius 2 is 1.89 bits per heavy atom. The van der Waals surface area contributed by atoms with Crippen LogP contribution in [0.15, 0.2) is 0 Å². The van der Waals surface area contributed by atoms with Crippen molar-refractivity contribution in [2.45, 2.75) is 32.5 Å². The third-order valence-corrected chi connectivity index (χ3v) is 2.72. The minimum atomic E-state index is -4.35. The quantitative estimate of drug-likeness (QED) is 0.266. The van der Waals surface area contributed by atoms with E-state index in [2.05, 4.69) is 0 Å². The number of hydrogen-bond donors (Lipinski definition) is 1. The van der Waals surface area contributed by atoms with Crippen molar-refractivity contribution >= 4 is 45.5 Å². The Balaban J connectivity index is 0. The Hall–Kier alpha value is 0.460. The Morgan fingerprint density at radius 3 is 2.28 bits per heavy atom. The van der Waals surface area contributed by atoms with Gasteiger partial charge in [-0.05, 0) is 20.8 Å². The van der Waals surface area contributed by atoms with Crippen molar-refractivity contribution in [2.75, 3.05) is 19.8 Å². The first-order valence-electron chi connectivity index (χ1n) is 5.10. The van der Waals surface area contributed by atoms with Crippen LogP contribution >= 0.6 is 0 Å². The summed E-state index contributed by atoms with van der Waals surface area (Å²) >= 11 is 0. The van der Waals surface area contributed by atoms with Gasteiger partial charge in [-0.25, -0.2) is 0 Å². The van der Waals surface area contributed by atoms with Gasteiger partial charge >= 0.3 is 29.6 Å². The van der Waals surface area contributed by atoms with Crippen LogP contribution in [0.4, 0.5) is 0 Å². The van der Waals surface area contributed by atoms with Crippen molar-refractivity contribution in [2.24, 2.45) is 0 Å². The van der Waals surface area contributed by atoms with Crippen molar-refractivity contribution in [1.29, 1.82) is 0 Å². The van der Waals surface area contributed by atoms with E-state index in [4.69, 9.17) is 18.8 Å². The summed E-state index contributed by atoms with van der Waals surface area (Å²) < 4.78 is 44.9. The maximum atomic E-state index is 11.1. The molecule has 1 N–H and O–H groups in total. The first kappa shape index (κ1) is 20.8. The molecule has 0 radical (unpaired) electrons. The van der Waals surface area contributed by atoms with Gasteiger partial charge in [0.1, 0.15) is 0 Å². The predicted octanol–water partition coefficient (Wildman–Crippen LogP) is -0.443. The van der Waals surface area contributed by atoms with Crippen LogP contribution in [0.25, 0.3) is 0 Å². The first-order valence-corrected chi connectivity index (χ1v) is 6.61. The van der Waals surface area contributed by atoms with Gasteiger partial charge in [0.2, 0.25) is 6.29 Å². The Kier molecular flexibility index (Phi) is 11.9. The van der Waals surface area contributed by atoms with Crippen LogP contribution in [0, 0.1) is 0 Å². The summed E-state index contributed by atoms with van der Waals surface area (Å²) in [7, 11) is -4.35. The average Bonchev–Trinajstić information content (AvgIpc) is 2.20. The molecule has 9 heteroatoms. The van der Waals surface area contributed by atoms with Gasteiger partial charge in [-0.2, -0.15) is 8.42 Å². The molecule has 2 unspecified atom stereocenters. The van der Waals surface area contributed by atoms with Crippen LogP contribution in [-0.4, -0.2) is 79.9 Å². The Labute approximate surface area is 129 Å². The first-order chi connectivity index (χ1) is 7.79. The van der Waals surface area contributed by atoms with E-state index in [1.54, 1.807) is 6.92 Å². The molecular weight excluding hydrogens is 275 g/mol. The summed E-state index contributed by atoms with van der Waals surface area (Å²) in [4.78, 5) is 11.1. The number of carbonyl (C=O) groups is 1. The second-order valence-corrected chi connectivity index (χ2v) is 4.92. The number of rotatable bonds is 9. The van der Waals surface area contributed by atoms with Gasteiger partial charge in [0.05, 0.1) is 13.2 Å². The summed E-state index contributed by atoms with van der Waals surface area (Å²) in [6, 6.07) is 0. The fourth-order valence-electron chi connectivity index (χ4n) is 0.855. The molecule has 0 saturated carbocycles. The van der Waals surface area contributed by atoms with E-state index in [0.29, 0.717) is 6.61 Å². The summed E-state index contributed by atoms with van der Waals surface area (Å²) in [5.74, 6) is -0.489. The third kappa shape index (κ3) is 9.40. The zero-order valence-corrected chi connectivity index (χ0v) is 10.9.